The smallest absolute Gasteiger partial charge is 0.0568 e. The van der Waals surface area contributed by atoms with Crippen molar-refractivity contribution < 1.29 is 0 Å². The Bertz CT molecular complexity index is 394. The second kappa shape index (κ2) is 3.91. The van der Waals surface area contributed by atoms with E-state index in [1.165, 1.54) is 5.56 Å². The first-order chi connectivity index (χ1) is 6.86. The van der Waals surface area contributed by atoms with Gasteiger partial charge >= 0.3 is 0 Å². The largest absolute Gasteiger partial charge is 0.378 e. The molecule has 0 aromatic carbocycles. The van der Waals surface area contributed by atoms with Crippen LogP contribution in [0.4, 0.5) is 5.69 Å². The summed E-state index contributed by atoms with van der Waals surface area (Å²) in [6.45, 7) is 2.80. The molecule has 0 aliphatic carbocycles. The summed E-state index contributed by atoms with van der Waals surface area (Å²) in [6, 6.07) is 3.92. The summed E-state index contributed by atoms with van der Waals surface area (Å²) in [6.07, 6.45) is 5.36. The average molecular weight is 188 g/mol. The molecule has 0 aliphatic rings. The van der Waals surface area contributed by atoms with Crippen molar-refractivity contribution in [3.63, 3.8) is 0 Å². The van der Waals surface area contributed by atoms with Gasteiger partial charge in [-0.3, -0.25) is 10.1 Å². The van der Waals surface area contributed by atoms with E-state index in [4.69, 9.17) is 0 Å². The molecule has 0 aliphatic heterocycles. The van der Waals surface area contributed by atoms with Crippen molar-refractivity contribution in [3.05, 3.63) is 42.0 Å². The third-order valence-electron chi connectivity index (χ3n) is 2.07. The number of rotatable bonds is 3. The fraction of sp³-hybridized carbons (Fsp3) is 0.200. The number of aromatic nitrogens is 3. The third kappa shape index (κ3) is 1.90. The molecule has 4 nitrogen and oxygen atoms in total. The molecule has 0 radical (unpaired) electrons. The van der Waals surface area contributed by atoms with Crippen LogP contribution in [-0.2, 0) is 6.54 Å². The molecule has 0 bridgehead atoms. The predicted octanol–water partition coefficient (Wildman–Crippen LogP) is 1.73. The van der Waals surface area contributed by atoms with Crippen LogP contribution in [0.2, 0.25) is 0 Å². The summed E-state index contributed by atoms with van der Waals surface area (Å²) in [5, 5.41) is 10.1. The minimum atomic E-state index is 0.743. The molecule has 2 heterocycles. The molecule has 14 heavy (non-hydrogen) atoms. The SMILES string of the molecule is Cc1ccncc1NCc1ccn[nH]1. The van der Waals surface area contributed by atoms with Gasteiger partial charge in [0.1, 0.15) is 0 Å². The number of hydrogen-bond acceptors (Lipinski definition) is 3. The highest BCUT2D eigenvalue weighted by Gasteiger charge is 1.97. The minimum Gasteiger partial charge on any atom is -0.378 e. The first kappa shape index (κ1) is 8.74. The number of aryl methyl sites for hydroxylation is 1. The number of anilines is 1. The Hall–Kier alpha value is -1.84. The Balaban J connectivity index is 2.02. The maximum Gasteiger partial charge on any atom is 0.0568 e. The molecule has 0 amide bonds. The zero-order chi connectivity index (χ0) is 9.80. The van der Waals surface area contributed by atoms with Gasteiger partial charge in [0.15, 0.2) is 0 Å². The number of H-pyrrole nitrogens is 1. The average Bonchev–Trinajstić information content (AvgIpc) is 2.69. The van der Waals surface area contributed by atoms with Gasteiger partial charge in [0.05, 0.1) is 24.1 Å². The van der Waals surface area contributed by atoms with Gasteiger partial charge in [-0.1, -0.05) is 0 Å². The van der Waals surface area contributed by atoms with Crippen molar-refractivity contribution >= 4 is 5.69 Å². The lowest BCUT2D eigenvalue weighted by atomic mass is 10.2. The molecular formula is C10H12N4. The molecule has 2 aromatic heterocycles. The molecule has 4 heteroatoms. The first-order valence-electron chi connectivity index (χ1n) is 4.49. The number of nitrogens with zero attached hydrogens (tertiary/aromatic N) is 2. The van der Waals surface area contributed by atoms with Crippen LogP contribution in [0, 0.1) is 6.92 Å². The number of hydrogen-bond donors (Lipinski definition) is 2. The topological polar surface area (TPSA) is 53.6 Å². The fourth-order valence-electron chi connectivity index (χ4n) is 1.22. The van der Waals surface area contributed by atoms with Crippen molar-refractivity contribution in [2.75, 3.05) is 5.32 Å². The lowest BCUT2D eigenvalue weighted by Gasteiger charge is -2.06. The van der Waals surface area contributed by atoms with Crippen LogP contribution < -0.4 is 5.32 Å². The van der Waals surface area contributed by atoms with Gasteiger partial charge in [-0.2, -0.15) is 5.10 Å². The van der Waals surface area contributed by atoms with Gasteiger partial charge in [-0.25, -0.2) is 0 Å². The zero-order valence-electron chi connectivity index (χ0n) is 7.99. The van der Waals surface area contributed by atoms with Crippen LogP contribution >= 0.6 is 0 Å². The molecule has 0 saturated carbocycles. The maximum atomic E-state index is 4.06. The van der Waals surface area contributed by atoms with Crippen LogP contribution in [-0.4, -0.2) is 15.2 Å². The maximum absolute atomic E-state index is 4.06. The molecule has 0 fully saturated rings. The summed E-state index contributed by atoms with van der Waals surface area (Å²) in [7, 11) is 0. The summed E-state index contributed by atoms with van der Waals surface area (Å²) in [5.74, 6) is 0. The van der Waals surface area contributed by atoms with Gasteiger partial charge in [-0.05, 0) is 24.6 Å². The number of aromatic amines is 1. The molecule has 0 saturated heterocycles. The molecule has 2 aromatic rings. The van der Waals surface area contributed by atoms with Crippen molar-refractivity contribution in [1.82, 2.24) is 15.2 Å². The second-order valence-corrected chi connectivity index (χ2v) is 3.13. The highest BCUT2D eigenvalue weighted by Crippen LogP contribution is 2.11. The monoisotopic (exact) mass is 188 g/mol. The van der Waals surface area contributed by atoms with Crippen molar-refractivity contribution in [1.29, 1.82) is 0 Å². The van der Waals surface area contributed by atoms with Crippen LogP contribution in [0.1, 0.15) is 11.3 Å². The van der Waals surface area contributed by atoms with E-state index in [1.807, 2.05) is 18.3 Å². The van der Waals surface area contributed by atoms with Gasteiger partial charge in [0.2, 0.25) is 0 Å². The second-order valence-electron chi connectivity index (χ2n) is 3.13. The van der Waals surface area contributed by atoms with E-state index in [0.29, 0.717) is 0 Å². The van der Waals surface area contributed by atoms with E-state index in [0.717, 1.165) is 17.9 Å². The molecule has 72 valence electrons. The van der Waals surface area contributed by atoms with Gasteiger partial charge in [0.25, 0.3) is 0 Å². The fourth-order valence-corrected chi connectivity index (χ4v) is 1.22. The van der Waals surface area contributed by atoms with Gasteiger partial charge in [-0.15, -0.1) is 0 Å². The molecule has 2 rings (SSSR count). The van der Waals surface area contributed by atoms with Crippen LogP contribution in [0.15, 0.2) is 30.7 Å². The lowest BCUT2D eigenvalue weighted by Crippen LogP contribution is -2.01. The summed E-state index contributed by atoms with van der Waals surface area (Å²) in [5.41, 5.74) is 3.31. The zero-order valence-corrected chi connectivity index (χ0v) is 7.99. The van der Waals surface area contributed by atoms with E-state index in [9.17, 15) is 0 Å². The van der Waals surface area contributed by atoms with Crippen molar-refractivity contribution in [2.45, 2.75) is 13.5 Å². The van der Waals surface area contributed by atoms with Crippen LogP contribution in [0.3, 0.4) is 0 Å². The van der Waals surface area contributed by atoms with Gasteiger partial charge < -0.3 is 5.32 Å². The summed E-state index contributed by atoms with van der Waals surface area (Å²) < 4.78 is 0. The molecule has 0 unspecified atom stereocenters. The third-order valence-corrected chi connectivity index (χ3v) is 2.07. The highest BCUT2D eigenvalue weighted by atomic mass is 15.1. The molecule has 0 spiro atoms. The van der Waals surface area contributed by atoms with Gasteiger partial charge in [0, 0.05) is 12.4 Å². The van der Waals surface area contributed by atoms with E-state index in [1.54, 1.807) is 12.4 Å². The normalized spacial score (nSPS) is 10.1. The van der Waals surface area contributed by atoms with Crippen molar-refractivity contribution in [3.8, 4) is 0 Å². The number of nitrogens with one attached hydrogen (secondary N) is 2. The first-order valence-corrected chi connectivity index (χ1v) is 4.49. The minimum absolute atomic E-state index is 0.743. The van der Waals surface area contributed by atoms with E-state index in [2.05, 4.69) is 27.4 Å². The summed E-state index contributed by atoms with van der Waals surface area (Å²) in [4.78, 5) is 4.06. The molecular weight excluding hydrogens is 176 g/mol. The molecule has 0 atom stereocenters. The molecule has 2 N–H and O–H groups in total. The van der Waals surface area contributed by atoms with E-state index >= 15 is 0 Å². The Morgan fingerprint density at radius 1 is 1.36 bits per heavy atom. The summed E-state index contributed by atoms with van der Waals surface area (Å²) >= 11 is 0. The quantitative estimate of drug-likeness (QED) is 0.771. The Morgan fingerprint density at radius 3 is 3.00 bits per heavy atom. The van der Waals surface area contributed by atoms with E-state index in [-0.39, 0.29) is 0 Å². The standard InChI is InChI=1S/C10H12N4/c1-8-2-4-11-7-10(8)12-6-9-3-5-13-14-9/h2-5,7,12H,6H2,1H3,(H,13,14). The van der Waals surface area contributed by atoms with E-state index < -0.39 is 0 Å². The van der Waals surface area contributed by atoms with Crippen molar-refractivity contribution in [2.24, 2.45) is 0 Å². The van der Waals surface area contributed by atoms with Crippen LogP contribution in [0.5, 0.6) is 0 Å². The lowest BCUT2D eigenvalue weighted by molar-refractivity contribution is 0.978. The number of pyridine rings is 1. The predicted molar refractivity (Wildman–Crippen MR) is 54.9 cm³/mol. The highest BCUT2D eigenvalue weighted by molar-refractivity contribution is 5.47. The Kier molecular flexibility index (Phi) is 2.44. The Morgan fingerprint density at radius 2 is 2.29 bits per heavy atom. The Labute approximate surface area is 82.4 Å². The van der Waals surface area contributed by atoms with Crippen LogP contribution in [0.25, 0.3) is 0 Å².